The third-order valence-electron chi connectivity index (χ3n) is 3.96. The van der Waals surface area contributed by atoms with E-state index in [2.05, 4.69) is 16.0 Å². The molecule has 3 N–H and O–H groups in total. The summed E-state index contributed by atoms with van der Waals surface area (Å²) in [5.41, 5.74) is 3.29. The number of amides is 2. The number of anilines is 4. The monoisotopic (exact) mass is 375 g/mol. The van der Waals surface area contributed by atoms with Gasteiger partial charge in [0.1, 0.15) is 5.75 Å². The molecule has 2 amide bonds. The van der Waals surface area contributed by atoms with Gasteiger partial charge in [-0.3, -0.25) is 9.59 Å². The molecule has 0 radical (unpaired) electrons. The zero-order valence-corrected chi connectivity index (χ0v) is 15.7. The van der Waals surface area contributed by atoms with Gasteiger partial charge in [0.25, 0.3) is 5.91 Å². The Morgan fingerprint density at radius 2 is 1.50 bits per heavy atom. The van der Waals surface area contributed by atoms with E-state index in [1.165, 1.54) is 6.92 Å². The summed E-state index contributed by atoms with van der Waals surface area (Å²) in [5, 5.41) is 8.84. The van der Waals surface area contributed by atoms with E-state index in [4.69, 9.17) is 4.74 Å². The van der Waals surface area contributed by atoms with Gasteiger partial charge in [-0.1, -0.05) is 24.3 Å². The fourth-order valence-corrected chi connectivity index (χ4v) is 2.71. The Hall–Kier alpha value is -3.80. The normalized spacial score (nSPS) is 10.1. The summed E-state index contributed by atoms with van der Waals surface area (Å²) < 4.78 is 5.40. The second-order valence-corrected chi connectivity index (χ2v) is 6.12. The number of hydrogen-bond acceptors (Lipinski definition) is 4. The van der Waals surface area contributed by atoms with Crippen LogP contribution in [0.4, 0.5) is 22.7 Å². The van der Waals surface area contributed by atoms with Gasteiger partial charge in [0.05, 0.1) is 12.8 Å². The number of benzene rings is 3. The van der Waals surface area contributed by atoms with Crippen LogP contribution in [-0.2, 0) is 4.79 Å². The van der Waals surface area contributed by atoms with Crippen LogP contribution in [0.15, 0.2) is 72.8 Å². The van der Waals surface area contributed by atoms with Crippen LogP contribution in [0.1, 0.15) is 17.3 Å². The minimum Gasteiger partial charge on any atom is -0.495 e. The van der Waals surface area contributed by atoms with Crippen molar-refractivity contribution in [1.82, 2.24) is 0 Å². The lowest BCUT2D eigenvalue weighted by Crippen LogP contribution is -2.12. The predicted molar refractivity (Wildman–Crippen MR) is 111 cm³/mol. The first-order valence-electron chi connectivity index (χ1n) is 8.74. The van der Waals surface area contributed by atoms with Crippen LogP contribution in [0.5, 0.6) is 5.75 Å². The van der Waals surface area contributed by atoms with Crippen molar-refractivity contribution >= 4 is 34.6 Å². The van der Waals surface area contributed by atoms with Gasteiger partial charge in [0.15, 0.2) is 0 Å². The molecule has 0 heterocycles. The molecule has 0 saturated carbocycles. The van der Waals surface area contributed by atoms with Crippen molar-refractivity contribution in [2.75, 3.05) is 23.1 Å². The lowest BCUT2D eigenvalue weighted by molar-refractivity contribution is -0.114. The quantitative estimate of drug-likeness (QED) is 0.586. The van der Waals surface area contributed by atoms with Gasteiger partial charge in [-0.05, 0) is 48.5 Å². The molecule has 0 saturated heterocycles. The molecule has 0 bridgehead atoms. The number of methoxy groups -OCH3 is 1. The average Bonchev–Trinajstić information content (AvgIpc) is 2.68. The SMILES string of the molecule is COc1ccc(C(=O)Nc2ccccc2)cc1Nc1cccc(NC(C)=O)c1. The number of nitrogens with one attached hydrogen (secondary N) is 3. The van der Waals surface area contributed by atoms with Crippen molar-refractivity contribution in [1.29, 1.82) is 0 Å². The molecule has 0 aliphatic heterocycles. The number of para-hydroxylation sites is 1. The Balaban J connectivity index is 1.83. The summed E-state index contributed by atoms with van der Waals surface area (Å²) in [7, 11) is 1.57. The van der Waals surface area contributed by atoms with Crippen LogP contribution >= 0.6 is 0 Å². The van der Waals surface area contributed by atoms with Gasteiger partial charge in [0.2, 0.25) is 5.91 Å². The molecule has 0 aliphatic carbocycles. The predicted octanol–water partition coefficient (Wildman–Crippen LogP) is 4.65. The highest BCUT2D eigenvalue weighted by atomic mass is 16.5. The minimum absolute atomic E-state index is 0.144. The number of rotatable bonds is 6. The third kappa shape index (κ3) is 4.88. The molecule has 28 heavy (non-hydrogen) atoms. The van der Waals surface area contributed by atoms with E-state index >= 15 is 0 Å². The van der Waals surface area contributed by atoms with Gasteiger partial charge < -0.3 is 20.7 Å². The van der Waals surface area contributed by atoms with Crippen molar-refractivity contribution in [2.45, 2.75) is 6.92 Å². The van der Waals surface area contributed by atoms with Crippen molar-refractivity contribution in [3.63, 3.8) is 0 Å². The summed E-state index contributed by atoms with van der Waals surface area (Å²) in [5.74, 6) is 0.236. The van der Waals surface area contributed by atoms with Crippen LogP contribution in [0.3, 0.4) is 0 Å². The first-order valence-corrected chi connectivity index (χ1v) is 8.74. The average molecular weight is 375 g/mol. The summed E-state index contributed by atoms with van der Waals surface area (Å²) in [6.07, 6.45) is 0. The fourth-order valence-electron chi connectivity index (χ4n) is 2.71. The highest BCUT2D eigenvalue weighted by Crippen LogP contribution is 2.30. The smallest absolute Gasteiger partial charge is 0.255 e. The molecule has 6 heteroatoms. The molecular weight excluding hydrogens is 354 g/mol. The van der Waals surface area contributed by atoms with E-state index in [0.29, 0.717) is 22.7 Å². The Morgan fingerprint density at radius 1 is 0.786 bits per heavy atom. The molecular formula is C22H21N3O3. The Labute approximate surface area is 163 Å². The standard InChI is InChI=1S/C22H21N3O3/c1-15(26)23-18-9-6-10-19(14-18)24-20-13-16(11-12-21(20)28-2)22(27)25-17-7-4-3-5-8-17/h3-14,24H,1-2H3,(H,23,26)(H,25,27). The molecule has 0 unspecified atom stereocenters. The first kappa shape index (κ1) is 19.0. The van der Waals surface area contributed by atoms with Crippen molar-refractivity contribution < 1.29 is 14.3 Å². The molecule has 3 aromatic carbocycles. The lowest BCUT2D eigenvalue weighted by Gasteiger charge is -2.14. The largest absolute Gasteiger partial charge is 0.495 e. The molecule has 142 valence electrons. The zero-order valence-electron chi connectivity index (χ0n) is 15.7. The second kappa shape index (κ2) is 8.73. The molecule has 0 atom stereocenters. The molecule has 0 aliphatic rings. The minimum atomic E-state index is -0.219. The van der Waals surface area contributed by atoms with E-state index in [-0.39, 0.29) is 11.8 Å². The summed E-state index contributed by atoms with van der Waals surface area (Å²) in [6, 6.07) is 21.7. The Kier molecular flexibility index (Phi) is 5.91. The Morgan fingerprint density at radius 3 is 2.21 bits per heavy atom. The molecule has 6 nitrogen and oxygen atoms in total. The number of ether oxygens (including phenoxy) is 1. The van der Waals surface area contributed by atoms with Crippen LogP contribution in [0.25, 0.3) is 0 Å². The van der Waals surface area contributed by atoms with Gasteiger partial charge in [0, 0.05) is 29.5 Å². The van der Waals surface area contributed by atoms with E-state index < -0.39 is 0 Å². The number of hydrogen-bond donors (Lipinski definition) is 3. The summed E-state index contributed by atoms with van der Waals surface area (Å²) >= 11 is 0. The van der Waals surface area contributed by atoms with Crippen molar-refractivity contribution in [3.8, 4) is 5.75 Å². The molecule has 0 fully saturated rings. The summed E-state index contributed by atoms with van der Waals surface area (Å²) in [4.78, 5) is 23.8. The maximum atomic E-state index is 12.6. The van der Waals surface area contributed by atoms with Crippen LogP contribution in [0, 0.1) is 0 Å². The van der Waals surface area contributed by atoms with Gasteiger partial charge >= 0.3 is 0 Å². The van der Waals surface area contributed by atoms with E-state index in [1.54, 1.807) is 37.4 Å². The topological polar surface area (TPSA) is 79.5 Å². The van der Waals surface area contributed by atoms with Crippen LogP contribution in [0.2, 0.25) is 0 Å². The third-order valence-corrected chi connectivity index (χ3v) is 3.96. The maximum Gasteiger partial charge on any atom is 0.255 e. The van der Waals surface area contributed by atoms with Gasteiger partial charge in [-0.15, -0.1) is 0 Å². The van der Waals surface area contributed by atoms with E-state index in [9.17, 15) is 9.59 Å². The molecule has 3 rings (SSSR count). The van der Waals surface area contributed by atoms with E-state index in [0.717, 1.165) is 11.4 Å². The summed E-state index contributed by atoms with van der Waals surface area (Å²) in [6.45, 7) is 1.46. The number of carbonyl (C=O) groups is 2. The number of carbonyl (C=O) groups excluding carboxylic acids is 2. The lowest BCUT2D eigenvalue weighted by atomic mass is 10.1. The van der Waals surface area contributed by atoms with Crippen molar-refractivity contribution in [2.24, 2.45) is 0 Å². The van der Waals surface area contributed by atoms with Crippen LogP contribution < -0.4 is 20.7 Å². The van der Waals surface area contributed by atoms with Crippen LogP contribution in [-0.4, -0.2) is 18.9 Å². The van der Waals surface area contributed by atoms with E-state index in [1.807, 2.05) is 42.5 Å². The maximum absolute atomic E-state index is 12.6. The van der Waals surface area contributed by atoms with Crippen molar-refractivity contribution in [3.05, 3.63) is 78.4 Å². The molecule has 0 spiro atoms. The Bertz CT molecular complexity index is 987. The van der Waals surface area contributed by atoms with Gasteiger partial charge in [-0.2, -0.15) is 0 Å². The zero-order chi connectivity index (χ0) is 19.9. The molecule has 3 aromatic rings. The first-order chi connectivity index (χ1) is 13.5. The van der Waals surface area contributed by atoms with Gasteiger partial charge in [-0.25, -0.2) is 0 Å². The highest BCUT2D eigenvalue weighted by molar-refractivity contribution is 6.05. The highest BCUT2D eigenvalue weighted by Gasteiger charge is 2.11. The second-order valence-electron chi connectivity index (χ2n) is 6.12. The molecule has 0 aromatic heterocycles. The fraction of sp³-hybridized carbons (Fsp3) is 0.0909.